The molecule has 0 radical (unpaired) electrons. The summed E-state index contributed by atoms with van der Waals surface area (Å²) in [6, 6.07) is 34.7. The average Bonchev–Trinajstić information content (AvgIpc) is 3.14. The van der Waals surface area contributed by atoms with Crippen LogP contribution < -0.4 is 9.47 Å². The van der Waals surface area contributed by atoms with E-state index >= 15 is 0 Å². The molecule has 4 aromatic rings. The Morgan fingerprint density at radius 1 is 0.909 bits per heavy atom. The van der Waals surface area contributed by atoms with Gasteiger partial charge in [0, 0.05) is 69.5 Å². The molecule has 3 atom stereocenters. The van der Waals surface area contributed by atoms with Crippen molar-refractivity contribution in [3.05, 3.63) is 143 Å². The average molecular weight is 822 g/mol. The largest absolute Gasteiger partial charge is 0.618 e. The van der Waals surface area contributed by atoms with Gasteiger partial charge < -0.3 is 24.2 Å². The molecule has 0 N–H and O–H groups in total. The normalized spacial score (nSPS) is 11.4. The van der Waals surface area contributed by atoms with E-state index in [9.17, 15) is 14.8 Å². The Labute approximate surface area is 339 Å². The molecule has 55 heavy (non-hydrogen) atoms. The van der Waals surface area contributed by atoms with Crippen molar-refractivity contribution in [2.24, 2.45) is 0 Å². The quantitative estimate of drug-likeness (QED) is 0.0192. The van der Waals surface area contributed by atoms with Crippen LogP contribution in [-0.4, -0.2) is 77.4 Å². The molecular formula is C43H58ClN3O5P2Si. The molecule has 0 fully saturated rings. The minimum Gasteiger partial charge on any atom is -0.618 e. The molecule has 0 aliphatic rings. The second kappa shape index (κ2) is 24.4. The van der Waals surface area contributed by atoms with Gasteiger partial charge in [0.1, 0.15) is 11.5 Å². The predicted octanol–water partition coefficient (Wildman–Crippen LogP) is 9.84. The zero-order valence-corrected chi connectivity index (χ0v) is 38.0. The highest BCUT2D eigenvalue weighted by molar-refractivity contribution is 8.14. The van der Waals surface area contributed by atoms with Crippen molar-refractivity contribution in [3.8, 4) is 17.7 Å². The SMILES string of the molecule is C=C(O[Si](C)(C)C(C)(C)C)c1ccccc1.CN(C)C(=O)[C@@H](CC(=O)c1ccccc1)P(C)P.COc1ccc(C#CN(C)C)cc1.[O-][n+]1ccccc1Cl. The van der Waals surface area contributed by atoms with E-state index in [1.54, 1.807) is 50.4 Å². The number of ether oxygens (including phenoxy) is 1. The van der Waals surface area contributed by atoms with Gasteiger partial charge in [0.05, 0.1) is 12.8 Å². The lowest BCUT2D eigenvalue weighted by atomic mass is 10.1. The van der Waals surface area contributed by atoms with Crippen molar-refractivity contribution in [1.29, 1.82) is 0 Å². The van der Waals surface area contributed by atoms with Crippen LogP contribution in [-0.2, 0) is 9.22 Å². The number of hydrogen-bond acceptors (Lipinski definition) is 6. The molecule has 12 heteroatoms. The fraction of sp³-hybridized carbons (Fsp3) is 0.326. The van der Waals surface area contributed by atoms with Crippen LogP contribution in [0.15, 0.2) is 116 Å². The molecule has 8 nitrogen and oxygen atoms in total. The summed E-state index contributed by atoms with van der Waals surface area (Å²) in [5.74, 6) is 4.74. The molecule has 3 aromatic carbocycles. The number of ketones is 1. The lowest BCUT2D eigenvalue weighted by Gasteiger charge is -2.37. The van der Waals surface area contributed by atoms with Gasteiger partial charge in [-0.3, -0.25) is 9.59 Å². The number of nitrogens with zero attached hydrogens (tertiary/aromatic N) is 3. The molecule has 1 amide bonds. The van der Waals surface area contributed by atoms with Gasteiger partial charge in [0.2, 0.25) is 14.2 Å². The maximum Gasteiger partial charge on any atom is 0.286 e. The van der Waals surface area contributed by atoms with Crippen LogP contribution in [0.5, 0.6) is 5.75 Å². The number of Topliss-reactive ketones (excluding diaryl/α,β-unsaturated/α-hetero) is 1. The number of amides is 1. The second-order valence-corrected chi connectivity index (χ2v) is 23.8. The van der Waals surface area contributed by atoms with E-state index in [0.29, 0.717) is 10.3 Å². The van der Waals surface area contributed by atoms with Crippen LogP contribution in [0.4, 0.5) is 0 Å². The maximum atomic E-state index is 12.1. The Kier molecular flexibility index (Phi) is 21.6. The molecule has 0 spiro atoms. The molecule has 0 saturated carbocycles. The molecule has 1 aromatic heterocycles. The van der Waals surface area contributed by atoms with Gasteiger partial charge >= 0.3 is 0 Å². The van der Waals surface area contributed by atoms with Gasteiger partial charge in [-0.2, -0.15) is 4.73 Å². The molecule has 0 aliphatic carbocycles. The predicted molar refractivity (Wildman–Crippen MR) is 238 cm³/mol. The first-order valence-electron chi connectivity index (χ1n) is 17.6. The highest BCUT2D eigenvalue weighted by Gasteiger charge is 2.39. The first kappa shape index (κ1) is 48.8. The Morgan fingerprint density at radius 3 is 1.82 bits per heavy atom. The van der Waals surface area contributed by atoms with E-state index in [2.05, 4.69) is 61.3 Å². The molecule has 296 valence electrons. The zero-order valence-electron chi connectivity index (χ0n) is 34.2. The number of aromatic nitrogens is 1. The van der Waals surface area contributed by atoms with Crippen LogP contribution in [0, 0.1) is 17.2 Å². The summed E-state index contributed by atoms with van der Waals surface area (Å²) in [5, 5.41) is 10.8. The number of halogens is 1. The van der Waals surface area contributed by atoms with E-state index in [4.69, 9.17) is 20.8 Å². The zero-order chi connectivity index (χ0) is 41.8. The van der Waals surface area contributed by atoms with Crippen molar-refractivity contribution in [2.75, 3.05) is 42.0 Å². The number of carbonyl (C=O) groups is 2. The molecular weight excluding hydrogens is 764 g/mol. The lowest BCUT2D eigenvalue weighted by molar-refractivity contribution is -0.603. The highest BCUT2D eigenvalue weighted by Crippen LogP contribution is 2.47. The number of methoxy groups -OCH3 is 1. The Hall–Kier alpha value is -4.18. The summed E-state index contributed by atoms with van der Waals surface area (Å²) < 4.78 is 11.8. The smallest absolute Gasteiger partial charge is 0.286 e. The molecule has 0 bridgehead atoms. The third kappa shape index (κ3) is 18.8. The van der Waals surface area contributed by atoms with E-state index in [0.717, 1.165) is 22.6 Å². The summed E-state index contributed by atoms with van der Waals surface area (Å²) >= 11 is 5.36. The minimum atomic E-state index is -1.75. The summed E-state index contributed by atoms with van der Waals surface area (Å²) in [5.41, 5.74) is 2.53. The third-order valence-corrected chi connectivity index (χ3v) is 15.4. The number of hydrogen-bond donors (Lipinski definition) is 0. The van der Waals surface area contributed by atoms with Crippen molar-refractivity contribution in [2.45, 2.75) is 51.0 Å². The molecule has 2 unspecified atom stereocenters. The van der Waals surface area contributed by atoms with Gasteiger partial charge in [-0.15, -0.1) is 8.93 Å². The second-order valence-electron chi connectivity index (χ2n) is 14.3. The van der Waals surface area contributed by atoms with E-state index in [-0.39, 0.29) is 34.0 Å². The first-order valence-corrected chi connectivity index (χ1v) is 24.3. The summed E-state index contributed by atoms with van der Waals surface area (Å²) in [6.07, 6.45) is 1.63. The Balaban J connectivity index is 0.000000379. The summed E-state index contributed by atoms with van der Waals surface area (Å²) in [6.45, 7) is 17.2. The van der Waals surface area contributed by atoms with Crippen LogP contribution >= 0.6 is 28.1 Å². The van der Waals surface area contributed by atoms with Gasteiger partial charge in [0.15, 0.2) is 12.0 Å². The topological polar surface area (TPSA) is 86.0 Å². The number of rotatable bonds is 9. The number of carbonyl (C=O) groups excluding carboxylic acids is 2. The standard InChI is InChI=1S/C14H22OSi.C13H19NO2P2.C11H13NO.C5H4ClNO/c1-12(13-10-8-7-9-11-13)15-16(5,6)14(2,3)4;1-14(2)13(16)12(18(3)17)9-11(15)10-7-5-4-6-8-10;1-12(2)9-8-10-4-6-11(13-3)7-5-10;6-5-3-1-2-4-7(5)8/h7-11H,1H2,2-6H3;4-8,12H,9,17H2,1-3H3;4-7H,1-3H3;1-4H/t;12-,18?;;/m.1../s1. The van der Waals surface area contributed by atoms with E-state index in [1.807, 2.05) is 98.5 Å². The Bertz CT molecular complexity index is 1800. The number of pyridine rings is 1. The summed E-state index contributed by atoms with van der Waals surface area (Å²) in [4.78, 5) is 27.5. The highest BCUT2D eigenvalue weighted by atomic mass is 35.5. The fourth-order valence-electron chi connectivity index (χ4n) is 4.02. The van der Waals surface area contributed by atoms with Gasteiger partial charge in [-0.25, -0.2) is 0 Å². The van der Waals surface area contributed by atoms with E-state index in [1.165, 1.54) is 12.3 Å². The summed E-state index contributed by atoms with van der Waals surface area (Å²) in [7, 11) is 9.31. The van der Waals surface area contributed by atoms with Gasteiger partial charge in [-0.05, 0) is 72.7 Å². The number of benzene rings is 3. The van der Waals surface area contributed by atoms with Crippen molar-refractivity contribution in [1.82, 2.24) is 9.80 Å². The fourth-order valence-corrected chi connectivity index (χ4v) is 6.92. The van der Waals surface area contributed by atoms with Crippen LogP contribution in [0.2, 0.25) is 23.3 Å². The van der Waals surface area contributed by atoms with Crippen LogP contribution in [0.3, 0.4) is 0 Å². The lowest BCUT2D eigenvalue weighted by Crippen LogP contribution is -2.40. The third-order valence-electron chi connectivity index (χ3n) is 8.26. The van der Waals surface area contributed by atoms with Gasteiger partial charge in [0.25, 0.3) is 5.15 Å². The first-order chi connectivity index (χ1) is 25.7. The van der Waals surface area contributed by atoms with Crippen LogP contribution in [0.25, 0.3) is 5.76 Å². The minimum absolute atomic E-state index is 0.0305. The van der Waals surface area contributed by atoms with Crippen molar-refractivity contribution < 1.29 is 23.5 Å². The van der Waals surface area contributed by atoms with Crippen molar-refractivity contribution >= 4 is 53.9 Å². The van der Waals surface area contributed by atoms with Gasteiger partial charge in [-0.1, -0.05) is 95.6 Å². The molecule has 4 rings (SSSR count). The monoisotopic (exact) mass is 821 g/mol. The molecule has 1 heterocycles. The molecule has 0 aliphatic heterocycles. The maximum absolute atomic E-state index is 12.1. The molecule has 0 saturated heterocycles. The Morgan fingerprint density at radius 2 is 1.42 bits per heavy atom. The van der Waals surface area contributed by atoms with Crippen LogP contribution in [0.1, 0.15) is 48.7 Å². The van der Waals surface area contributed by atoms with E-state index < -0.39 is 15.9 Å². The van der Waals surface area contributed by atoms with Crippen molar-refractivity contribution in [3.63, 3.8) is 0 Å².